The molecule has 2 fully saturated rings. The third-order valence-electron chi connectivity index (χ3n) is 5.27. The first-order valence-corrected chi connectivity index (χ1v) is 9.49. The molecule has 6 heteroatoms. The predicted molar refractivity (Wildman–Crippen MR) is 106 cm³/mol. The van der Waals surface area contributed by atoms with E-state index in [2.05, 4.69) is 22.2 Å². The average molecular weight is 366 g/mol. The Labute approximate surface area is 160 Å². The Balaban J connectivity index is 1.33. The number of carbonyl (C=O) groups is 1. The Hall–Kier alpha value is -2.57. The van der Waals surface area contributed by atoms with Gasteiger partial charge in [0.15, 0.2) is 0 Å². The maximum atomic E-state index is 12.7. The lowest BCUT2D eigenvalue weighted by Gasteiger charge is -2.46. The lowest BCUT2D eigenvalue weighted by Crippen LogP contribution is -2.62. The van der Waals surface area contributed by atoms with Gasteiger partial charge in [-0.25, -0.2) is 4.79 Å². The van der Waals surface area contributed by atoms with Crippen LogP contribution in [0.5, 0.6) is 11.5 Å². The second-order valence-corrected chi connectivity index (χ2v) is 7.27. The van der Waals surface area contributed by atoms with Crippen LogP contribution in [-0.2, 0) is 0 Å². The molecule has 2 aliphatic heterocycles. The van der Waals surface area contributed by atoms with Crippen molar-refractivity contribution in [2.45, 2.75) is 6.04 Å². The van der Waals surface area contributed by atoms with Crippen LogP contribution in [0.4, 0.5) is 10.5 Å². The molecule has 2 aromatic carbocycles. The minimum Gasteiger partial charge on any atom is -0.457 e. The van der Waals surface area contributed by atoms with Gasteiger partial charge in [0.25, 0.3) is 0 Å². The molecule has 27 heavy (non-hydrogen) atoms. The number of fused-ring (bicyclic) bond motifs is 1. The van der Waals surface area contributed by atoms with Crippen LogP contribution in [0, 0.1) is 0 Å². The van der Waals surface area contributed by atoms with E-state index in [-0.39, 0.29) is 6.03 Å². The second kappa shape index (κ2) is 7.98. The number of likely N-dealkylation sites (N-methyl/N-ethyl adjacent to an activating group) is 1. The Bertz CT molecular complexity index is 766. The Morgan fingerprint density at radius 2 is 1.63 bits per heavy atom. The Kier molecular flexibility index (Phi) is 5.27. The third-order valence-corrected chi connectivity index (χ3v) is 5.27. The Morgan fingerprint density at radius 1 is 0.926 bits per heavy atom. The van der Waals surface area contributed by atoms with Crippen molar-refractivity contribution in [2.24, 2.45) is 0 Å². The van der Waals surface area contributed by atoms with Crippen LogP contribution in [0.25, 0.3) is 0 Å². The van der Waals surface area contributed by atoms with Crippen LogP contribution >= 0.6 is 0 Å². The number of carbonyl (C=O) groups excluding carboxylic acids is 1. The number of benzene rings is 2. The molecule has 0 aliphatic carbocycles. The van der Waals surface area contributed by atoms with E-state index < -0.39 is 0 Å². The lowest BCUT2D eigenvalue weighted by atomic mass is 10.1. The zero-order valence-corrected chi connectivity index (χ0v) is 15.7. The topological polar surface area (TPSA) is 48.0 Å². The van der Waals surface area contributed by atoms with Crippen LogP contribution in [-0.4, -0.2) is 73.1 Å². The molecule has 2 heterocycles. The fourth-order valence-corrected chi connectivity index (χ4v) is 3.73. The molecule has 6 nitrogen and oxygen atoms in total. The van der Waals surface area contributed by atoms with Crippen LogP contribution in [0.15, 0.2) is 54.6 Å². The molecule has 0 aromatic heterocycles. The molecule has 0 saturated carbocycles. The number of nitrogens with zero attached hydrogens (tertiary/aromatic N) is 3. The lowest BCUT2D eigenvalue weighted by molar-refractivity contribution is 0.0353. The molecule has 1 atom stereocenters. The van der Waals surface area contributed by atoms with Gasteiger partial charge in [-0.15, -0.1) is 0 Å². The molecule has 2 saturated heterocycles. The van der Waals surface area contributed by atoms with Gasteiger partial charge in [-0.05, 0) is 43.4 Å². The van der Waals surface area contributed by atoms with Crippen molar-refractivity contribution in [3.05, 3.63) is 54.6 Å². The van der Waals surface area contributed by atoms with Gasteiger partial charge in [0, 0.05) is 51.0 Å². The summed E-state index contributed by atoms with van der Waals surface area (Å²) in [6, 6.07) is 17.6. The summed E-state index contributed by atoms with van der Waals surface area (Å²) in [5.41, 5.74) is 0.781. The van der Waals surface area contributed by atoms with Gasteiger partial charge in [0.1, 0.15) is 11.5 Å². The van der Waals surface area contributed by atoms with Gasteiger partial charge in [-0.1, -0.05) is 18.2 Å². The highest BCUT2D eigenvalue weighted by Gasteiger charge is 2.32. The average Bonchev–Trinajstić information content (AvgIpc) is 2.69. The zero-order chi connectivity index (χ0) is 18.6. The minimum atomic E-state index is -0.0281. The number of rotatable bonds is 3. The number of hydrogen-bond acceptors (Lipinski definition) is 4. The van der Waals surface area contributed by atoms with E-state index in [9.17, 15) is 4.79 Å². The summed E-state index contributed by atoms with van der Waals surface area (Å²) in [6.45, 7) is 5.75. The monoisotopic (exact) mass is 366 g/mol. The number of hydrogen-bond donors (Lipinski definition) is 1. The molecule has 0 radical (unpaired) electrons. The summed E-state index contributed by atoms with van der Waals surface area (Å²) >= 11 is 0. The first kappa shape index (κ1) is 17.8. The first-order valence-electron chi connectivity index (χ1n) is 9.49. The number of urea groups is 1. The van der Waals surface area contributed by atoms with Crippen LogP contribution in [0.3, 0.4) is 0 Å². The van der Waals surface area contributed by atoms with Crippen molar-refractivity contribution < 1.29 is 9.53 Å². The van der Waals surface area contributed by atoms with Gasteiger partial charge in [-0.2, -0.15) is 0 Å². The molecule has 4 rings (SSSR count). The van der Waals surface area contributed by atoms with E-state index in [4.69, 9.17) is 4.74 Å². The van der Waals surface area contributed by atoms with Crippen molar-refractivity contribution in [1.82, 2.24) is 14.7 Å². The van der Waals surface area contributed by atoms with E-state index in [0.29, 0.717) is 6.04 Å². The summed E-state index contributed by atoms with van der Waals surface area (Å²) in [4.78, 5) is 19.4. The maximum absolute atomic E-state index is 12.7. The molecule has 0 spiro atoms. The van der Waals surface area contributed by atoms with E-state index in [1.807, 2.05) is 59.5 Å². The summed E-state index contributed by atoms with van der Waals surface area (Å²) in [5, 5.41) is 3.01. The smallest absolute Gasteiger partial charge is 0.321 e. The van der Waals surface area contributed by atoms with Crippen LogP contribution in [0.1, 0.15) is 0 Å². The minimum absolute atomic E-state index is 0.0281. The van der Waals surface area contributed by atoms with Crippen molar-refractivity contribution in [3.63, 3.8) is 0 Å². The van der Waals surface area contributed by atoms with Gasteiger partial charge in [0.2, 0.25) is 0 Å². The van der Waals surface area contributed by atoms with E-state index in [1.165, 1.54) is 0 Å². The van der Waals surface area contributed by atoms with Crippen molar-refractivity contribution in [1.29, 1.82) is 0 Å². The molecule has 1 N–H and O–H groups in total. The molecular formula is C21H26N4O2. The fraction of sp³-hybridized carbons (Fsp3) is 0.381. The molecule has 0 bridgehead atoms. The fourth-order valence-electron chi connectivity index (χ4n) is 3.73. The predicted octanol–water partition coefficient (Wildman–Crippen LogP) is 2.94. The summed E-state index contributed by atoms with van der Waals surface area (Å²) in [6.07, 6.45) is 0. The normalized spacial score (nSPS) is 20.8. The summed E-state index contributed by atoms with van der Waals surface area (Å²) in [5.74, 6) is 1.54. The van der Waals surface area contributed by atoms with Crippen molar-refractivity contribution in [2.75, 3.05) is 51.6 Å². The van der Waals surface area contributed by atoms with E-state index in [1.54, 1.807) is 0 Å². The standard InChI is InChI=1S/C21H26N4O2/c1-23-11-12-24-13-14-25(16-18(24)15-23)21(26)22-17-7-9-20(10-8-17)27-19-5-3-2-4-6-19/h2-10,18H,11-16H2,1H3,(H,22,26). The number of nitrogens with one attached hydrogen (secondary N) is 1. The number of ether oxygens (including phenoxy) is 1. The highest BCUT2D eigenvalue weighted by molar-refractivity contribution is 5.89. The van der Waals surface area contributed by atoms with E-state index >= 15 is 0 Å². The molecule has 1 unspecified atom stereocenters. The van der Waals surface area contributed by atoms with Gasteiger partial charge in [-0.3, -0.25) is 4.90 Å². The number of anilines is 1. The molecule has 2 aliphatic rings. The zero-order valence-electron chi connectivity index (χ0n) is 15.7. The number of piperazine rings is 2. The quantitative estimate of drug-likeness (QED) is 0.907. The molecule has 2 aromatic rings. The maximum Gasteiger partial charge on any atom is 0.321 e. The molecule has 142 valence electrons. The van der Waals surface area contributed by atoms with Crippen LogP contribution in [0.2, 0.25) is 0 Å². The Morgan fingerprint density at radius 3 is 2.41 bits per heavy atom. The van der Waals surface area contributed by atoms with Gasteiger partial charge < -0.3 is 19.9 Å². The summed E-state index contributed by atoms with van der Waals surface area (Å²) in [7, 11) is 2.15. The molecular weight excluding hydrogens is 340 g/mol. The number of amides is 2. The van der Waals surface area contributed by atoms with Crippen molar-refractivity contribution in [3.8, 4) is 11.5 Å². The highest BCUT2D eigenvalue weighted by atomic mass is 16.5. The van der Waals surface area contributed by atoms with Gasteiger partial charge in [0.05, 0.1) is 0 Å². The summed E-state index contributed by atoms with van der Waals surface area (Å²) < 4.78 is 5.79. The SMILES string of the molecule is CN1CCN2CCN(C(=O)Nc3ccc(Oc4ccccc4)cc3)CC2C1. The molecule has 2 amide bonds. The first-order chi connectivity index (χ1) is 13.2. The highest BCUT2D eigenvalue weighted by Crippen LogP contribution is 2.23. The van der Waals surface area contributed by atoms with E-state index in [0.717, 1.165) is 56.5 Å². The van der Waals surface area contributed by atoms with Gasteiger partial charge >= 0.3 is 6.03 Å². The largest absolute Gasteiger partial charge is 0.457 e. The van der Waals surface area contributed by atoms with Crippen molar-refractivity contribution >= 4 is 11.7 Å². The van der Waals surface area contributed by atoms with Crippen LogP contribution < -0.4 is 10.1 Å². The number of para-hydroxylation sites is 1. The third kappa shape index (κ3) is 4.40. The second-order valence-electron chi connectivity index (χ2n) is 7.27.